The molecule has 0 aromatic heterocycles. The van der Waals surface area contributed by atoms with Gasteiger partial charge in [0.25, 0.3) is 5.69 Å². The highest BCUT2D eigenvalue weighted by molar-refractivity contribution is 7.80. The predicted molar refractivity (Wildman–Crippen MR) is 90.7 cm³/mol. The van der Waals surface area contributed by atoms with E-state index < -0.39 is 4.92 Å². The molecule has 0 bridgehead atoms. The van der Waals surface area contributed by atoms with Gasteiger partial charge in [-0.15, -0.1) is 0 Å². The zero-order chi connectivity index (χ0) is 16.1. The molecule has 0 saturated heterocycles. The van der Waals surface area contributed by atoms with Gasteiger partial charge >= 0.3 is 0 Å². The highest BCUT2D eigenvalue weighted by Gasteiger charge is 2.15. The van der Waals surface area contributed by atoms with Crippen LogP contribution in [0.5, 0.6) is 5.75 Å². The number of hydrogen-bond donors (Lipinski definition) is 2. The smallest absolute Gasteiger partial charge is 0.292 e. The minimum absolute atomic E-state index is 0.0239. The third-order valence-electron chi connectivity index (χ3n) is 2.95. The summed E-state index contributed by atoms with van der Waals surface area (Å²) in [5.74, 6) is 0.630. The number of thiocarbonyl (C=S) groups is 1. The van der Waals surface area contributed by atoms with E-state index in [0.717, 1.165) is 5.56 Å². The van der Waals surface area contributed by atoms with Crippen LogP contribution in [0.3, 0.4) is 0 Å². The molecule has 0 aliphatic carbocycles. The van der Waals surface area contributed by atoms with Crippen LogP contribution in [-0.2, 0) is 0 Å². The second-order valence-corrected chi connectivity index (χ2v) is 4.97. The van der Waals surface area contributed by atoms with Gasteiger partial charge in [0.05, 0.1) is 17.7 Å². The van der Waals surface area contributed by atoms with Crippen molar-refractivity contribution in [2.75, 3.05) is 17.7 Å². The van der Waals surface area contributed by atoms with Crippen molar-refractivity contribution < 1.29 is 9.66 Å². The minimum atomic E-state index is -0.443. The number of ether oxygens (including phenoxy) is 1. The number of nitrogens with one attached hydrogen (secondary N) is 2. The van der Waals surface area contributed by atoms with Crippen LogP contribution < -0.4 is 15.4 Å². The Balaban J connectivity index is 2.17. The highest BCUT2D eigenvalue weighted by atomic mass is 32.1. The lowest BCUT2D eigenvalue weighted by Gasteiger charge is -2.13. The number of anilines is 2. The van der Waals surface area contributed by atoms with Crippen LogP contribution >= 0.6 is 12.2 Å². The van der Waals surface area contributed by atoms with Crippen molar-refractivity contribution >= 4 is 34.4 Å². The third kappa shape index (κ3) is 3.70. The third-order valence-corrected chi connectivity index (χ3v) is 3.16. The Morgan fingerprint density at radius 2 is 1.86 bits per heavy atom. The molecule has 2 N–H and O–H groups in total. The van der Waals surface area contributed by atoms with E-state index in [1.165, 1.54) is 6.07 Å². The summed E-state index contributed by atoms with van der Waals surface area (Å²) >= 11 is 5.20. The summed E-state index contributed by atoms with van der Waals surface area (Å²) in [6.07, 6.45) is 0. The van der Waals surface area contributed by atoms with Gasteiger partial charge in [0.15, 0.2) is 5.11 Å². The summed E-state index contributed by atoms with van der Waals surface area (Å²) in [7, 11) is 1.56. The standard InChI is InChI=1S/C15H15N3O3S/c1-10-7-8-11(13(9-10)18(19)20)16-15(22)17-12-5-3-4-6-14(12)21-2/h3-9H,1-2H3,(H2,16,17,22). The molecule has 0 aliphatic rings. The molecule has 2 aromatic rings. The summed E-state index contributed by atoms with van der Waals surface area (Å²) in [5, 5.41) is 17.1. The van der Waals surface area contributed by atoms with Gasteiger partial charge in [-0.2, -0.15) is 0 Å². The van der Waals surface area contributed by atoms with E-state index in [1.54, 1.807) is 38.3 Å². The van der Waals surface area contributed by atoms with Crippen LogP contribution in [0.4, 0.5) is 17.1 Å². The number of nitrogens with zero attached hydrogens (tertiary/aromatic N) is 1. The molecule has 0 saturated carbocycles. The van der Waals surface area contributed by atoms with E-state index >= 15 is 0 Å². The molecule has 0 spiro atoms. The van der Waals surface area contributed by atoms with Crippen LogP contribution in [0.2, 0.25) is 0 Å². The fraction of sp³-hybridized carbons (Fsp3) is 0.133. The topological polar surface area (TPSA) is 76.4 Å². The van der Waals surface area contributed by atoms with E-state index in [2.05, 4.69) is 10.6 Å². The maximum Gasteiger partial charge on any atom is 0.292 e. The molecule has 22 heavy (non-hydrogen) atoms. The molecule has 114 valence electrons. The summed E-state index contributed by atoms with van der Waals surface area (Å²) in [6, 6.07) is 12.2. The van der Waals surface area contributed by atoms with E-state index in [9.17, 15) is 10.1 Å². The quantitative estimate of drug-likeness (QED) is 0.508. The number of benzene rings is 2. The van der Waals surface area contributed by atoms with E-state index in [-0.39, 0.29) is 10.8 Å². The lowest BCUT2D eigenvalue weighted by Crippen LogP contribution is -2.20. The van der Waals surface area contributed by atoms with Crippen LogP contribution in [-0.4, -0.2) is 17.1 Å². The molecule has 0 aliphatic heterocycles. The SMILES string of the molecule is COc1ccccc1NC(=S)Nc1ccc(C)cc1[N+](=O)[O-]. The Bertz CT molecular complexity index is 719. The van der Waals surface area contributed by atoms with Crippen molar-refractivity contribution in [3.05, 3.63) is 58.1 Å². The van der Waals surface area contributed by atoms with Crippen molar-refractivity contribution in [2.45, 2.75) is 6.92 Å². The van der Waals surface area contributed by atoms with Crippen molar-refractivity contribution in [1.82, 2.24) is 0 Å². The first kappa shape index (κ1) is 15.7. The average Bonchev–Trinajstić information content (AvgIpc) is 2.49. The van der Waals surface area contributed by atoms with Crippen LogP contribution in [0, 0.1) is 17.0 Å². The molecule has 0 radical (unpaired) electrons. The fourth-order valence-electron chi connectivity index (χ4n) is 1.92. The Kier molecular flexibility index (Phi) is 4.90. The van der Waals surface area contributed by atoms with Crippen molar-refractivity contribution in [3.8, 4) is 5.75 Å². The van der Waals surface area contributed by atoms with Gasteiger partial charge in [0.1, 0.15) is 11.4 Å². The van der Waals surface area contributed by atoms with Crippen LogP contribution in [0.1, 0.15) is 5.56 Å². The van der Waals surface area contributed by atoms with Crippen molar-refractivity contribution in [3.63, 3.8) is 0 Å². The molecule has 6 nitrogen and oxygen atoms in total. The summed E-state index contributed by atoms with van der Waals surface area (Å²) in [5.41, 5.74) is 1.80. The minimum Gasteiger partial charge on any atom is -0.495 e. The number of nitro benzene ring substituents is 1. The van der Waals surface area contributed by atoms with Crippen molar-refractivity contribution in [1.29, 1.82) is 0 Å². The van der Waals surface area contributed by atoms with Gasteiger partial charge in [-0.3, -0.25) is 10.1 Å². The Morgan fingerprint density at radius 3 is 2.55 bits per heavy atom. The normalized spacial score (nSPS) is 9.91. The molecule has 2 rings (SSSR count). The summed E-state index contributed by atoms with van der Waals surface area (Å²) in [4.78, 5) is 10.7. The molecule has 7 heteroatoms. The molecule has 0 atom stereocenters. The van der Waals surface area contributed by atoms with Gasteiger partial charge < -0.3 is 15.4 Å². The first-order valence-electron chi connectivity index (χ1n) is 6.47. The van der Waals surface area contributed by atoms with Gasteiger partial charge in [0.2, 0.25) is 0 Å². The summed E-state index contributed by atoms with van der Waals surface area (Å²) in [6.45, 7) is 1.79. The molecule has 0 heterocycles. The number of aryl methyl sites for hydroxylation is 1. The average molecular weight is 317 g/mol. The monoisotopic (exact) mass is 317 g/mol. The Morgan fingerprint density at radius 1 is 1.18 bits per heavy atom. The molecule has 2 aromatic carbocycles. The second kappa shape index (κ2) is 6.86. The van der Waals surface area contributed by atoms with Gasteiger partial charge in [-0.1, -0.05) is 18.2 Å². The van der Waals surface area contributed by atoms with Crippen LogP contribution in [0.15, 0.2) is 42.5 Å². The Labute approximate surface area is 133 Å². The molecule has 0 unspecified atom stereocenters. The van der Waals surface area contributed by atoms with Gasteiger partial charge in [0, 0.05) is 6.07 Å². The van der Waals surface area contributed by atoms with Crippen LogP contribution in [0.25, 0.3) is 0 Å². The first-order valence-corrected chi connectivity index (χ1v) is 6.88. The number of nitro groups is 1. The van der Waals surface area contributed by atoms with Gasteiger partial charge in [-0.05, 0) is 42.9 Å². The lowest BCUT2D eigenvalue weighted by atomic mass is 10.2. The van der Waals surface area contributed by atoms with E-state index in [0.29, 0.717) is 17.1 Å². The number of para-hydroxylation sites is 2. The summed E-state index contributed by atoms with van der Waals surface area (Å²) < 4.78 is 5.22. The Hall–Kier alpha value is -2.67. The molecule has 0 fully saturated rings. The van der Waals surface area contributed by atoms with Gasteiger partial charge in [-0.25, -0.2) is 0 Å². The number of rotatable bonds is 4. The molecular formula is C15H15N3O3S. The first-order chi connectivity index (χ1) is 10.5. The zero-order valence-electron chi connectivity index (χ0n) is 12.1. The zero-order valence-corrected chi connectivity index (χ0v) is 12.9. The van der Waals surface area contributed by atoms with E-state index in [1.807, 2.05) is 12.1 Å². The lowest BCUT2D eigenvalue weighted by molar-refractivity contribution is -0.383. The molecule has 0 amide bonds. The maximum atomic E-state index is 11.1. The highest BCUT2D eigenvalue weighted by Crippen LogP contribution is 2.27. The fourth-order valence-corrected chi connectivity index (χ4v) is 2.14. The molecular weight excluding hydrogens is 302 g/mol. The predicted octanol–water partition coefficient (Wildman–Crippen LogP) is 3.72. The number of methoxy groups -OCH3 is 1. The largest absolute Gasteiger partial charge is 0.495 e. The van der Waals surface area contributed by atoms with Crippen molar-refractivity contribution in [2.24, 2.45) is 0 Å². The maximum absolute atomic E-state index is 11.1. The number of hydrogen-bond acceptors (Lipinski definition) is 4. The second-order valence-electron chi connectivity index (χ2n) is 4.56. The van der Waals surface area contributed by atoms with E-state index in [4.69, 9.17) is 17.0 Å².